The van der Waals surface area contributed by atoms with Gasteiger partial charge in [-0.25, -0.2) is 4.98 Å². The van der Waals surface area contributed by atoms with E-state index in [0.29, 0.717) is 11.0 Å². The molecule has 2 atom stereocenters. The fraction of sp³-hybridized carbons (Fsp3) is 0.625. The molecule has 2 aliphatic rings. The Morgan fingerprint density at radius 1 is 1.35 bits per heavy atom. The number of hydrogen-bond acceptors (Lipinski definition) is 3. The van der Waals surface area contributed by atoms with Crippen LogP contribution in [0.15, 0.2) is 6.07 Å². The van der Waals surface area contributed by atoms with Crippen LogP contribution in [-0.4, -0.2) is 16.0 Å². The van der Waals surface area contributed by atoms with Gasteiger partial charge in [0.05, 0.1) is 5.56 Å². The summed E-state index contributed by atoms with van der Waals surface area (Å²) in [6.07, 6.45) is 8.48. The first-order valence-corrected chi connectivity index (χ1v) is 8.13. The van der Waals surface area contributed by atoms with Crippen LogP contribution in [0.3, 0.4) is 0 Å². The van der Waals surface area contributed by atoms with Crippen molar-refractivity contribution in [1.29, 1.82) is 0 Å². The summed E-state index contributed by atoms with van der Waals surface area (Å²) in [6, 6.07) is 2.67. The predicted molar refractivity (Wildman–Crippen MR) is 87.2 cm³/mol. The first kappa shape index (κ1) is 13.8. The fourth-order valence-electron chi connectivity index (χ4n) is 3.53. The third-order valence-electron chi connectivity index (χ3n) is 4.59. The summed E-state index contributed by atoms with van der Waals surface area (Å²) >= 11 is 5.21. The lowest BCUT2D eigenvalue weighted by Crippen LogP contribution is -2.28. The molecule has 2 unspecified atom stereocenters. The van der Waals surface area contributed by atoms with Crippen molar-refractivity contribution in [2.45, 2.75) is 57.9 Å². The molecule has 0 radical (unpaired) electrons. The van der Waals surface area contributed by atoms with Crippen LogP contribution < -0.4 is 11.1 Å². The predicted octanol–water partition coefficient (Wildman–Crippen LogP) is 3.20. The lowest BCUT2D eigenvalue weighted by molar-refractivity contribution is 0.358. The molecule has 0 aromatic carbocycles. The number of rotatable bonds is 3. The van der Waals surface area contributed by atoms with E-state index in [1.165, 1.54) is 43.4 Å². The van der Waals surface area contributed by atoms with Gasteiger partial charge >= 0.3 is 0 Å². The Kier molecular flexibility index (Phi) is 3.92. The molecule has 1 fully saturated rings. The van der Waals surface area contributed by atoms with Crippen LogP contribution in [0.5, 0.6) is 0 Å². The molecular weight excluding hydrogens is 266 g/mol. The van der Waals surface area contributed by atoms with E-state index in [-0.39, 0.29) is 0 Å². The number of nitrogens with zero attached hydrogens (tertiary/aromatic N) is 1. The summed E-state index contributed by atoms with van der Waals surface area (Å²) in [5.74, 6) is 1.71. The van der Waals surface area contributed by atoms with Gasteiger partial charge in [0.1, 0.15) is 10.8 Å². The molecule has 0 aliphatic heterocycles. The molecule has 0 saturated heterocycles. The highest BCUT2D eigenvalue weighted by Gasteiger charge is 2.22. The van der Waals surface area contributed by atoms with Gasteiger partial charge in [0.25, 0.3) is 0 Å². The van der Waals surface area contributed by atoms with E-state index in [1.54, 1.807) is 0 Å². The Labute approximate surface area is 126 Å². The van der Waals surface area contributed by atoms with Crippen molar-refractivity contribution in [2.24, 2.45) is 11.7 Å². The number of aryl methyl sites for hydroxylation is 2. The maximum absolute atomic E-state index is 5.89. The second kappa shape index (κ2) is 5.68. The summed E-state index contributed by atoms with van der Waals surface area (Å²) in [5.41, 5.74) is 9.38. The van der Waals surface area contributed by atoms with Gasteiger partial charge in [-0.15, -0.1) is 0 Å². The first-order chi connectivity index (χ1) is 9.63. The molecule has 0 amide bonds. The van der Waals surface area contributed by atoms with Crippen molar-refractivity contribution in [1.82, 2.24) is 4.98 Å². The SMILES string of the molecule is CC1CCCC(Nc2nc3c(cc2C(N)=S)CCC3)C1. The molecule has 0 spiro atoms. The van der Waals surface area contributed by atoms with Gasteiger partial charge in [-0.05, 0) is 49.7 Å². The summed E-state index contributed by atoms with van der Waals surface area (Å²) in [4.78, 5) is 5.27. The summed E-state index contributed by atoms with van der Waals surface area (Å²) < 4.78 is 0. The van der Waals surface area contributed by atoms with E-state index < -0.39 is 0 Å². The Balaban J connectivity index is 1.86. The zero-order valence-electron chi connectivity index (χ0n) is 12.1. The zero-order chi connectivity index (χ0) is 14.1. The van der Waals surface area contributed by atoms with Crippen LogP contribution in [-0.2, 0) is 12.8 Å². The molecule has 3 nitrogen and oxygen atoms in total. The number of hydrogen-bond donors (Lipinski definition) is 2. The molecule has 20 heavy (non-hydrogen) atoms. The Morgan fingerprint density at radius 3 is 2.95 bits per heavy atom. The highest BCUT2D eigenvalue weighted by Crippen LogP contribution is 2.29. The Bertz CT molecular complexity index is 527. The van der Waals surface area contributed by atoms with Gasteiger partial charge in [-0.2, -0.15) is 0 Å². The van der Waals surface area contributed by atoms with E-state index in [4.69, 9.17) is 22.9 Å². The lowest BCUT2D eigenvalue weighted by Gasteiger charge is -2.28. The maximum Gasteiger partial charge on any atom is 0.136 e. The molecule has 1 aromatic heterocycles. The van der Waals surface area contributed by atoms with Gasteiger partial charge in [-0.3, -0.25) is 0 Å². The minimum absolute atomic E-state index is 0.457. The smallest absolute Gasteiger partial charge is 0.136 e. The van der Waals surface area contributed by atoms with Gasteiger partial charge in [0.15, 0.2) is 0 Å². The van der Waals surface area contributed by atoms with Crippen LogP contribution >= 0.6 is 12.2 Å². The molecule has 1 aromatic rings. The maximum atomic E-state index is 5.89. The average Bonchev–Trinajstić information content (AvgIpc) is 2.84. The van der Waals surface area contributed by atoms with Crippen LogP contribution in [0.2, 0.25) is 0 Å². The molecule has 1 heterocycles. The standard InChI is InChI=1S/C16H23N3S/c1-10-4-2-6-12(8-10)18-16-13(15(17)20)9-11-5-3-7-14(11)19-16/h9-10,12H,2-8H2,1H3,(H2,17,20)(H,18,19). The second-order valence-corrected chi connectivity index (χ2v) is 6.76. The molecule has 2 aliphatic carbocycles. The van der Waals surface area contributed by atoms with Gasteiger partial charge in [-0.1, -0.05) is 32.0 Å². The summed E-state index contributed by atoms with van der Waals surface area (Å²) in [6.45, 7) is 2.33. The molecule has 108 valence electrons. The Hall–Kier alpha value is -1.16. The van der Waals surface area contributed by atoms with E-state index in [1.807, 2.05) is 0 Å². The topological polar surface area (TPSA) is 50.9 Å². The number of fused-ring (bicyclic) bond motifs is 1. The highest BCUT2D eigenvalue weighted by atomic mass is 32.1. The normalized spacial score (nSPS) is 25.2. The Morgan fingerprint density at radius 2 is 2.20 bits per heavy atom. The summed E-state index contributed by atoms with van der Waals surface area (Å²) in [7, 11) is 0. The van der Waals surface area contributed by atoms with Crippen molar-refractivity contribution in [3.8, 4) is 0 Å². The molecule has 4 heteroatoms. The third-order valence-corrected chi connectivity index (χ3v) is 4.81. The first-order valence-electron chi connectivity index (χ1n) is 7.72. The van der Waals surface area contributed by atoms with Crippen molar-refractivity contribution in [3.05, 3.63) is 22.9 Å². The number of anilines is 1. The number of pyridine rings is 1. The molecular formula is C16H23N3S. The quantitative estimate of drug-likeness (QED) is 0.839. The molecule has 0 bridgehead atoms. The van der Waals surface area contributed by atoms with Crippen molar-refractivity contribution in [3.63, 3.8) is 0 Å². The monoisotopic (exact) mass is 289 g/mol. The van der Waals surface area contributed by atoms with Crippen molar-refractivity contribution in [2.75, 3.05) is 5.32 Å². The van der Waals surface area contributed by atoms with E-state index in [0.717, 1.165) is 30.1 Å². The zero-order valence-corrected chi connectivity index (χ0v) is 12.9. The van der Waals surface area contributed by atoms with Crippen LogP contribution in [0, 0.1) is 5.92 Å². The minimum atomic E-state index is 0.457. The van der Waals surface area contributed by atoms with Gasteiger partial charge < -0.3 is 11.1 Å². The minimum Gasteiger partial charge on any atom is -0.389 e. The van der Waals surface area contributed by atoms with Gasteiger partial charge in [0, 0.05) is 11.7 Å². The van der Waals surface area contributed by atoms with Crippen molar-refractivity contribution >= 4 is 23.0 Å². The third kappa shape index (κ3) is 2.80. The van der Waals surface area contributed by atoms with Crippen molar-refractivity contribution < 1.29 is 0 Å². The molecule has 3 N–H and O–H groups in total. The summed E-state index contributed by atoms with van der Waals surface area (Å²) in [5, 5.41) is 3.61. The number of nitrogens with two attached hydrogens (primary N) is 1. The van der Waals surface area contributed by atoms with Crippen LogP contribution in [0.4, 0.5) is 5.82 Å². The molecule has 3 rings (SSSR count). The number of nitrogens with one attached hydrogen (secondary N) is 1. The molecule has 1 saturated carbocycles. The second-order valence-electron chi connectivity index (χ2n) is 6.32. The number of aromatic nitrogens is 1. The van der Waals surface area contributed by atoms with Crippen LogP contribution in [0.25, 0.3) is 0 Å². The fourth-order valence-corrected chi connectivity index (χ4v) is 3.68. The van der Waals surface area contributed by atoms with E-state index in [9.17, 15) is 0 Å². The van der Waals surface area contributed by atoms with E-state index >= 15 is 0 Å². The number of thiocarbonyl (C=S) groups is 1. The van der Waals surface area contributed by atoms with E-state index in [2.05, 4.69) is 18.3 Å². The average molecular weight is 289 g/mol. The van der Waals surface area contributed by atoms with Gasteiger partial charge in [0.2, 0.25) is 0 Å². The van der Waals surface area contributed by atoms with Crippen LogP contribution in [0.1, 0.15) is 55.8 Å². The lowest BCUT2D eigenvalue weighted by atomic mass is 9.87. The highest BCUT2D eigenvalue weighted by molar-refractivity contribution is 7.80. The largest absolute Gasteiger partial charge is 0.389 e.